The lowest BCUT2D eigenvalue weighted by Crippen LogP contribution is -2.38. The number of carbonyl (C=O) groups excluding carboxylic acids is 1. The first-order chi connectivity index (χ1) is 12.2. The maximum atomic E-state index is 13.4. The number of hydrogen-bond acceptors (Lipinski definition) is 3. The number of nitrogens with one attached hydrogen (secondary N) is 1. The van der Waals surface area contributed by atoms with Gasteiger partial charge in [-0.25, -0.2) is 0 Å². The largest absolute Gasteiger partial charge is 0.493 e. The van der Waals surface area contributed by atoms with Gasteiger partial charge >= 0.3 is 6.18 Å². The van der Waals surface area contributed by atoms with Gasteiger partial charge in [-0.15, -0.1) is 0 Å². The molecule has 2 aromatic rings. The molecule has 0 aliphatic carbocycles. The summed E-state index contributed by atoms with van der Waals surface area (Å²) in [5.41, 5.74) is 0.00298. The molecule has 0 radical (unpaired) electrons. The molecule has 2 aromatic carbocycles. The van der Waals surface area contributed by atoms with Gasteiger partial charge in [0.2, 0.25) is 0 Å². The van der Waals surface area contributed by atoms with E-state index in [-0.39, 0.29) is 23.0 Å². The quantitative estimate of drug-likeness (QED) is 0.817. The lowest BCUT2D eigenvalue weighted by Gasteiger charge is -2.22. The number of hydrogen-bond donors (Lipinski definition) is 1. The molecule has 4 nitrogen and oxygen atoms in total. The molecule has 1 amide bonds. The van der Waals surface area contributed by atoms with Gasteiger partial charge in [0.05, 0.1) is 13.2 Å². The SMILES string of the molecule is COc1cc(C(=O)NC(c2ccccc2)C(F)(F)F)ccc1OC(C)C. The maximum absolute atomic E-state index is 13.4. The van der Waals surface area contributed by atoms with Crippen molar-refractivity contribution in [2.75, 3.05) is 7.11 Å². The number of halogens is 3. The Morgan fingerprint density at radius 3 is 2.23 bits per heavy atom. The van der Waals surface area contributed by atoms with E-state index in [9.17, 15) is 18.0 Å². The highest BCUT2D eigenvalue weighted by molar-refractivity contribution is 5.95. The summed E-state index contributed by atoms with van der Waals surface area (Å²) in [7, 11) is 1.40. The van der Waals surface area contributed by atoms with Gasteiger partial charge in [0.1, 0.15) is 0 Å². The van der Waals surface area contributed by atoms with E-state index in [4.69, 9.17) is 9.47 Å². The summed E-state index contributed by atoms with van der Waals surface area (Å²) >= 11 is 0. The van der Waals surface area contributed by atoms with Crippen LogP contribution >= 0.6 is 0 Å². The highest BCUT2D eigenvalue weighted by atomic mass is 19.4. The van der Waals surface area contributed by atoms with Crippen LogP contribution in [0.15, 0.2) is 48.5 Å². The highest BCUT2D eigenvalue weighted by Crippen LogP contribution is 2.33. The van der Waals surface area contributed by atoms with Crippen molar-refractivity contribution in [3.05, 3.63) is 59.7 Å². The molecule has 0 saturated heterocycles. The molecular formula is C19H20F3NO3. The van der Waals surface area contributed by atoms with Crippen LogP contribution in [0.5, 0.6) is 11.5 Å². The van der Waals surface area contributed by atoms with E-state index in [0.29, 0.717) is 5.75 Å². The number of ether oxygens (including phenoxy) is 2. The first-order valence-corrected chi connectivity index (χ1v) is 7.99. The summed E-state index contributed by atoms with van der Waals surface area (Å²) in [6.07, 6.45) is -4.74. The Bertz CT molecular complexity index is 745. The molecule has 0 saturated carbocycles. The Labute approximate surface area is 149 Å². The van der Waals surface area contributed by atoms with E-state index in [1.54, 1.807) is 6.07 Å². The summed E-state index contributed by atoms with van der Waals surface area (Å²) in [5, 5.41) is 2.04. The number of rotatable bonds is 6. The van der Waals surface area contributed by atoms with E-state index in [1.807, 2.05) is 19.2 Å². The average molecular weight is 367 g/mol. The summed E-state index contributed by atoms with van der Waals surface area (Å²) in [5.74, 6) is -0.172. The first kappa shape index (κ1) is 19.6. The zero-order valence-electron chi connectivity index (χ0n) is 14.6. The third-order valence-corrected chi connectivity index (χ3v) is 3.52. The van der Waals surface area contributed by atoms with Crippen LogP contribution in [0.1, 0.15) is 35.8 Å². The first-order valence-electron chi connectivity index (χ1n) is 7.99. The van der Waals surface area contributed by atoms with E-state index < -0.39 is 18.1 Å². The zero-order chi connectivity index (χ0) is 19.3. The Kier molecular flexibility index (Phi) is 6.13. The minimum absolute atomic E-state index is 0.0416. The smallest absolute Gasteiger partial charge is 0.412 e. The van der Waals surface area contributed by atoms with Crippen LogP contribution in [-0.4, -0.2) is 25.3 Å². The lowest BCUT2D eigenvalue weighted by atomic mass is 10.1. The van der Waals surface area contributed by atoms with Gasteiger partial charge in [-0.2, -0.15) is 13.2 Å². The fourth-order valence-corrected chi connectivity index (χ4v) is 2.37. The summed E-state index contributed by atoms with van der Waals surface area (Å²) in [6, 6.07) is 9.36. The van der Waals surface area contributed by atoms with Crippen LogP contribution in [0, 0.1) is 0 Å². The molecule has 0 spiro atoms. The fraction of sp³-hybridized carbons (Fsp3) is 0.316. The van der Waals surface area contributed by atoms with Crippen LogP contribution in [0.4, 0.5) is 13.2 Å². The molecule has 0 heterocycles. The number of methoxy groups -OCH3 is 1. The molecule has 0 fully saturated rings. The second-order valence-electron chi connectivity index (χ2n) is 5.89. The molecule has 140 valence electrons. The number of benzene rings is 2. The minimum atomic E-state index is -4.62. The van der Waals surface area contributed by atoms with E-state index in [1.165, 1.54) is 49.6 Å². The number of alkyl halides is 3. The van der Waals surface area contributed by atoms with Crippen LogP contribution in [0.3, 0.4) is 0 Å². The standard InChI is InChI=1S/C19H20F3NO3/c1-12(2)26-15-10-9-14(11-16(15)25-3)18(24)23-17(19(20,21)22)13-7-5-4-6-8-13/h4-12,17H,1-3H3,(H,23,24). The number of carbonyl (C=O) groups is 1. The Morgan fingerprint density at radius 2 is 1.69 bits per heavy atom. The van der Waals surface area contributed by atoms with Crippen LogP contribution in [0.2, 0.25) is 0 Å². The molecule has 1 unspecified atom stereocenters. The highest BCUT2D eigenvalue weighted by Gasteiger charge is 2.42. The molecule has 0 bridgehead atoms. The second-order valence-corrected chi connectivity index (χ2v) is 5.89. The summed E-state index contributed by atoms with van der Waals surface area (Å²) in [4.78, 5) is 12.4. The predicted molar refractivity (Wildman–Crippen MR) is 91.5 cm³/mol. The van der Waals surface area contributed by atoms with Crippen molar-refractivity contribution in [3.63, 3.8) is 0 Å². The van der Waals surface area contributed by atoms with Gasteiger partial charge in [-0.3, -0.25) is 4.79 Å². The van der Waals surface area contributed by atoms with Crippen molar-refractivity contribution in [2.45, 2.75) is 32.2 Å². The molecule has 0 aromatic heterocycles. The molecular weight excluding hydrogens is 347 g/mol. The molecule has 0 aliphatic rings. The monoisotopic (exact) mass is 367 g/mol. The normalized spacial score (nSPS) is 12.6. The van der Waals surface area contributed by atoms with Crippen molar-refractivity contribution in [3.8, 4) is 11.5 Å². The summed E-state index contributed by atoms with van der Waals surface area (Å²) < 4.78 is 50.8. The van der Waals surface area contributed by atoms with Crippen LogP contribution in [-0.2, 0) is 0 Å². The molecule has 1 N–H and O–H groups in total. The second kappa shape index (κ2) is 8.12. The average Bonchev–Trinajstić information content (AvgIpc) is 2.59. The third kappa shape index (κ3) is 4.91. The molecule has 7 heteroatoms. The van der Waals surface area contributed by atoms with Crippen LogP contribution in [0.25, 0.3) is 0 Å². The zero-order valence-corrected chi connectivity index (χ0v) is 14.6. The predicted octanol–water partition coefficient (Wildman–Crippen LogP) is 4.52. The molecule has 26 heavy (non-hydrogen) atoms. The maximum Gasteiger partial charge on any atom is 0.412 e. The van der Waals surface area contributed by atoms with E-state index in [0.717, 1.165) is 0 Å². The van der Waals surface area contributed by atoms with Gasteiger partial charge in [-0.1, -0.05) is 30.3 Å². The molecule has 0 aliphatic heterocycles. The third-order valence-electron chi connectivity index (χ3n) is 3.52. The Hall–Kier alpha value is -2.70. The van der Waals surface area contributed by atoms with Crippen molar-refractivity contribution < 1.29 is 27.4 Å². The molecule has 2 rings (SSSR count). The van der Waals surface area contributed by atoms with Crippen molar-refractivity contribution in [2.24, 2.45) is 0 Å². The van der Waals surface area contributed by atoms with Crippen molar-refractivity contribution in [1.29, 1.82) is 0 Å². The van der Waals surface area contributed by atoms with Gasteiger partial charge in [-0.05, 0) is 37.6 Å². The number of amides is 1. The van der Waals surface area contributed by atoms with Gasteiger partial charge in [0, 0.05) is 5.56 Å². The van der Waals surface area contributed by atoms with Crippen LogP contribution < -0.4 is 14.8 Å². The van der Waals surface area contributed by atoms with Gasteiger partial charge in [0.15, 0.2) is 17.5 Å². The van der Waals surface area contributed by atoms with Gasteiger partial charge in [0.25, 0.3) is 5.91 Å². The lowest BCUT2D eigenvalue weighted by molar-refractivity contribution is -0.155. The Balaban J connectivity index is 2.27. The minimum Gasteiger partial charge on any atom is -0.493 e. The topological polar surface area (TPSA) is 47.6 Å². The van der Waals surface area contributed by atoms with E-state index in [2.05, 4.69) is 0 Å². The fourth-order valence-electron chi connectivity index (χ4n) is 2.37. The van der Waals surface area contributed by atoms with Crippen molar-refractivity contribution >= 4 is 5.91 Å². The van der Waals surface area contributed by atoms with Crippen molar-refractivity contribution in [1.82, 2.24) is 5.32 Å². The van der Waals surface area contributed by atoms with E-state index >= 15 is 0 Å². The summed E-state index contributed by atoms with van der Waals surface area (Å²) in [6.45, 7) is 3.65. The Morgan fingerprint density at radius 1 is 1.04 bits per heavy atom. The van der Waals surface area contributed by atoms with Gasteiger partial charge < -0.3 is 14.8 Å². The molecule has 1 atom stereocenters.